The van der Waals surface area contributed by atoms with Crippen LogP contribution >= 0.6 is 46.4 Å². The summed E-state index contributed by atoms with van der Waals surface area (Å²) < 4.78 is 6.37. The van der Waals surface area contributed by atoms with Gasteiger partial charge in [0.15, 0.2) is 34.2 Å². The van der Waals surface area contributed by atoms with Crippen LogP contribution in [0, 0.1) is 0 Å². The molecule has 2 aliphatic rings. The third-order valence-corrected chi connectivity index (χ3v) is 11.7. The number of carbonyl (C=O) groups excluding carboxylic acids is 4. The Balaban J connectivity index is 1.48. The first-order valence-electron chi connectivity index (χ1n) is 18.2. The molecule has 2 unspecified atom stereocenters. The third-order valence-electron chi connectivity index (χ3n) is 10.0. The van der Waals surface area contributed by atoms with E-state index in [9.17, 15) is 19.2 Å². The molecule has 13 heteroatoms. The molecule has 4 aromatic rings. The van der Waals surface area contributed by atoms with Crippen molar-refractivity contribution >= 4 is 105 Å². The molecule has 2 atom stereocenters. The van der Waals surface area contributed by atoms with Gasteiger partial charge in [-0.15, -0.1) is 0 Å². The van der Waals surface area contributed by atoms with E-state index in [0.29, 0.717) is 0 Å². The Bertz CT molecular complexity index is 2370. The highest BCUT2D eigenvalue weighted by Crippen LogP contribution is 2.49. The quantitative estimate of drug-likeness (QED) is 0.0917. The Morgan fingerprint density at radius 1 is 0.576 bits per heavy atom. The summed E-state index contributed by atoms with van der Waals surface area (Å²) in [7, 11) is 7.70. The van der Waals surface area contributed by atoms with Gasteiger partial charge in [-0.25, -0.2) is 0 Å². The molecule has 0 aromatic heterocycles. The first-order chi connectivity index (χ1) is 28.0. The minimum atomic E-state index is -1.65. The van der Waals surface area contributed by atoms with E-state index in [2.05, 4.69) is 9.98 Å². The van der Waals surface area contributed by atoms with E-state index in [1.165, 1.54) is 50.6 Å². The van der Waals surface area contributed by atoms with Crippen LogP contribution in [0.4, 0.5) is 11.4 Å². The van der Waals surface area contributed by atoms with Crippen LogP contribution in [-0.2, 0) is 20.7 Å². The van der Waals surface area contributed by atoms with Gasteiger partial charge in [-0.1, -0.05) is 82.8 Å². The van der Waals surface area contributed by atoms with Crippen LogP contribution in [0.5, 0.6) is 11.5 Å². The topological polar surface area (TPSA) is 109 Å². The number of hydrogen-bond acceptors (Lipinski definition) is 9. The predicted octanol–water partition coefficient (Wildman–Crippen LogP) is 10.9. The monoisotopic (exact) mass is 866 g/mol. The van der Waals surface area contributed by atoms with Crippen molar-refractivity contribution in [3.05, 3.63) is 151 Å². The zero-order valence-electron chi connectivity index (χ0n) is 32.9. The van der Waals surface area contributed by atoms with Crippen LogP contribution in [0.3, 0.4) is 0 Å². The number of rotatable bonds is 14. The summed E-state index contributed by atoms with van der Waals surface area (Å²) in [4.78, 5) is 67.8. The highest BCUT2D eigenvalue weighted by atomic mass is 35.5. The van der Waals surface area contributed by atoms with Gasteiger partial charge in [-0.2, -0.15) is 0 Å². The lowest BCUT2D eigenvalue weighted by Crippen LogP contribution is -2.31. The molecule has 0 spiro atoms. The fourth-order valence-corrected chi connectivity index (χ4v) is 7.67. The number of nitrogens with zero attached hydrogens (tertiary/aromatic N) is 4. The summed E-state index contributed by atoms with van der Waals surface area (Å²) in [6.45, 7) is 2.68. The minimum absolute atomic E-state index is 0.0704. The van der Waals surface area contributed by atoms with E-state index >= 15 is 0 Å². The molecule has 300 valence electrons. The molecule has 59 heavy (non-hydrogen) atoms. The molecular formula is C46H38Cl4N4O5. The predicted molar refractivity (Wildman–Crippen MR) is 241 cm³/mol. The van der Waals surface area contributed by atoms with Crippen molar-refractivity contribution in [2.75, 3.05) is 38.0 Å². The minimum Gasteiger partial charge on any atom is -0.454 e. The van der Waals surface area contributed by atoms with Crippen LogP contribution in [-0.4, -0.2) is 63.8 Å². The Morgan fingerprint density at radius 3 is 1.22 bits per heavy atom. The van der Waals surface area contributed by atoms with Crippen molar-refractivity contribution in [2.24, 2.45) is 9.98 Å². The Kier molecular flexibility index (Phi) is 12.6. The molecule has 0 fully saturated rings. The lowest BCUT2D eigenvalue weighted by molar-refractivity contribution is -0.121. The second-order valence-corrected chi connectivity index (χ2v) is 15.8. The molecule has 0 aliphatic carbocycles. The average molecular weight is 869 g/mol. The summed E-state index contributed by atoms with van der Waals surface area (Å²) in [6.07, 6.45) is 15.1. The van der Waals surface area contributed by atoms with E-state index in [1.54, 1.807) is 36.5 Å². The number of ketones is 4. The normalized spacial score (nSPS) is 18.0. The van der Waals surface area contributed by atoms with E-state index in [-0.39, 0.29) is 53.8 Å². The molecule has 0 N–H and O–H groups in total. The van der Waals surface area contributed by atoms with Gasteiger partial charge in [-0.3, -0.25) is 29.2 Å². The molecule has 0 saturated carbocycles. The second kappa shape index (κ2) is 17.3. The van der Waals surface area contributed by atoms with Gasteiger partial charge >= 0.3 is 0 Å². The number of carbonyl (C=O) groups is 4. The largest absolute Gasteiger partial charge is 0.454 e. The van der Waals surface area contributed by atoms with Crippen molar-refractivity contribution in [1.82, 2.24) is 0 Å². The van der Waals surface area contributed by atoms with Crippen LogP contribution in [0.15, 0.2) is 107 Å². The molecule has 0 saturated heterocycles. The van der Waals surface area contributed by atoms with Gasteiger partial charge in [0.2, 0.25) is 0 Å². The summed E-state index contributed by atoms with van der Waals surface area (Å²) >= 11 is 27.7. The summed E-state index contributed by atoms with van der Waals surface area (Å²) in [5.74, 6) is -2.15. The SMILES string of the molecule is CC(=O)C1(c2cc(Oc3cc(C4(C(C)=O)C=CC=N4)c(C(=O)C=Cc4ccc(N(C)C)cc4)c(Cl)c3Cl)c(Cl)c(Cl)c2C(=O)C=Cc2ccc(N(C)C)cc2)C=CC=N1. The third kappa shape index (κ3) is 8.34. The van der Waals surface area contributed by atoms with Crippen molar-refractivity contribution < 1.29 is 23.9 Å². The maximum atomic E-state index is 14.1. The second-order valence-electron chi connectivity index (χ2n) is 14.2. The number of halogens is 4. The van der Waals surface area contributed by atoms with Gasteiger partial charge in [-0.05, 0) is 97.8 Å². The molecular weight excluding hydrogens is 830 g/mol. The van der Waals surface area contributed by atoms with Crippen LogP contribution in [0.2, 0.25) is 20.1 Å². The molecule has 2 heterocycles. The number of Topliss-reactive ketones (excluding diaryl/α,β-unsaturated/α-hetero) is 2. The number of aliphatic imine (C=N–C) groups is 2. The standard InChI is InChI=1S/C46H38Cl4N4O5/c1-27(55)45(21-7-23-51-45)33-25-37(41(47)43(49)39(33)35(57)19-13-29-9-15-31(16-10-29)53(3)4)59-38-26-34(46(28(2)56)22-8-24-52-46)40(44(50)42(38)48)36(58)20-14-30-11-17-32(18-12-30)54(5)6/h7-26H,1-6H3. The molecule has 9 nitrogen and oxygen atoms in total. The van der Waals surface area contributed by atoms with E-state index in [0.717, 1.165) is 22.5 Å². The Labute approximate surface area is 362 Å². The van der Waals surface area contributed by atoms with E-state index < -0.39 is 34.2 Å². The van der Waals surface area contributed by atoms with Gasteiger partial charge in [0, 0.05) is 74.2 Å². The highest BCUT2D eigenvalue weighted by Gasteiger charge is 2.43. The van der Waals surface area contributed by atoms with Crippen molar-refractivity contribution in [3.63, 3.8) is 0 Å². The number of hydrogen-bond donors (Lipinski definition) is 0. The van der Waals surface area contributed by atoms with Gasteiger partial charge < -0.3 is 14.5 Å². The molecule has 6 rings (SSSR count). The Morgan fingerprint density at radius 2 is 0.932 bits per heavy atom. The van der Waals surface area contributed by atoms with Crippen LogP contribution in [0.1, 0.15) is 56.8 Å². The fourth-order valence-electron chi connectivity index (χ4n) is 6.72. The average Bonchev–Trinajstić information content (AvgIpc) is 3.92. The van der Waals surface area contributed by atoms with Gasteiger partial charge in [0.25, 0.3) is 0 Å². The summed E-state index contributed by atoms with van der Waals surface area (Å²) in [6, 6.07) is 17.9. The molecule has 0 radical (unpaired) electrons. The first kappa shape index (κ1) is 43.0. The lowest BCUT2D eigenvalue weighted by Gasteiger charge is -2.27. The smallest absolute Gasteiger partial charge is 0.187 e. The Hall–Kier alpha value is -5.58. The van der Waals surface area contributed by atoms with Crippen LogP contribution < -0.4 is 14.5 Å². The number of benzene rings is 4. The summed E-state index contributed by atoms with van der Waals surface area (Å²) in [5, 5.41) is -0.808. The maximum absolute atomic E-state index is 14.1. The molecule has 2 aliphatic heterocycles. The molecule has 0 amide bonds. The van der Waals surface area contributed by atoms with Crippen molar-refractivity contribution in [3.8, 4) is 11.5 Å². The first-order valence-corrected chi connectivity index (χ1v) is 19.7. The van der Waals surface area contributed by atoms with Crippen molar-refractivity contribution in [1.29, 1.82) is 0 Å². The zero-order chi connectivity index (χ0) is 42.8. The van der Waals surface area contributed by atoms with Crippen molar-refractivity contribution in [2.45, 2.75) is 24.9 Å². The summed E-state index contributed by atoms with van der Waals surface area (Å²) in [5.41, 5.74) is 0.202. The zero-order valence-corrected chi connectivity index (χ0v) is 35.9. The number of ether oxygens (including phenoxy) is 1. The molecule has 4 aromatic carbocycles. The lowest BCUT2D eigenvalue weighted by atomic mass is 9.82. The van der Waals surface area contributed by atoms with Gasteiger partial charge in [0.1, 0.15) is 21.5 Å². The van der Waals surface area contributed by atoms with E-state index in [1.807, 2.05) is 86.5 Å². The number of anilines is 2. The maximum Gasteiger partial charge on any atom is 0.187 e. The van der Waals surface area contributed by atoms with Crippen LogP contribution in [0.25, 0.3) is 12.2 Å². The fraction of sp³-hybridized carbons (Fsp3) is 0.174. The highest BCUT2D eigenvalue weighted by molar-refractivity contribution is 6.46. The molecule has 0 bridgehead atoms. The number of allylic oxidation sites excluding steroid dienone is 4. The van der Waals surface area contributed by atoms with Gasteiger partial charge in [0.05, 0.1) is 10.0 Å². The van der Waals surface area contributed by atoms with E-state index in [4.69, 9.17) is 51.1 Å².